The van der Waals surface area contributed by atoms with Gasteiger partial charge in [-0.15, -0.1) is 0 Å². The molecule has 2 fully saturated rings. The van der Waals surface area contributed by atoms with Crippen molar-refractivity contribution in [1.29, 1.82) is 0 Å². The summed E-state index contributed by atoms with van der Waals surface area (Å²) in [6, 6.07) is -0.680. The average Bonchev–Trinajstić information content (AvgIpc) is 3.14. The van der Waals surface area contributed by atoms with E-state index in [2.05, 4.69) is 12.2 Å². The van der Waals surface area contributed by atoms with E-state index in [0.717, 1.165) is 13.0 Å². The van der Waals surface area contributed by atoms with Crippen molar-refractivity contribution in [3.05, 3.63) is 0 Å². The van der Waals surface area contributed by atoms with Crippen molar-refractivity contribution in [3.8, 4) is 0 Å². The molecule has 1 aliphatic heterocycles. The Morgan fingerprint density at radius 1 is 1.30 bits per heavy atom. The summed E-state index contributed by atoms with van der Waals surface area (Å²) in [6.45, 7) is 11.0. The maximum Gasteiger partial charge on any atom is 0.246 e. The van der Waals surface area contributed by atoms with E-state index in [1.807, 2.05) is 32.6 Å². The summed E-state index contributed by atoms with van der Waals surface area (Å²) in [5, 5.41) is 2.97. The summed E-state index contributed by atoms with van der Waals surface area (Å²) in [7, 11) is 0. The van der Waals surface area contributed by atoms with Gasteiger partial charge in [0.15, 0.2) is 0 Å². The highest BCUT2D eigenvalue weighted by Gasteiger charge is 2.48. The van der Waals surface area contributed by atoms with E-state index >= 15 is 0 Å². The molecule has 1 N–H and O–H groups in total. The Morgan fingerprint density at radius 3 is 2.35 bits per heavy atom. The van der Waals surface area contributed by atoms with Crippen LogP contribution >= 0.6 is 0 Å². The van der Waals surface area contributed by atoms with Crippen molar-refractivity contribution in [2.45, 2.75) is 66.0 Å². The van der Waals surface area contributed by atoms with Gasteiger partial charge in [-0.2, -0.15) is 0 Å². The SMILES string of the molecule is CCC(C)C1NC(=O)C(C(C)(C)C)N(CC2CC2)C1=O. The van der Waals surface area contributed by atoms with Crippen molar-refractivity contribution < 1.29 is 9.59 Å². The Bertz CT molecular complexity index is 396. The minimum Gasteiger partial charge on any atom is -0.342 e. The first-order valence-corrected chi connectivity index (χ1v) is 7.86. The van der Waals surface area contributed by atoms with Gasteiger partial charge in [0.25, 0.3) is 0 Å². The fourth-order valence-electron chi connectivity index (χ4n) is 3.00. The molecule has 114 valence electrons. The first kappa shape index (κ1) is 15.3. The first-order valence-electron chi connectivity index (χ1n) is 7.86. The lowest BCUT2D eigenvalue weighted by Crippen LogP contribution is -2.68. The highest BCUT2D eigenvalue weighted by molar-refractivity contribution is 5.97. The molecule has 1 saturated carbocycles. The highest BCUT2D eigenvalue weighted by Crippen LogP contribution is 2.35. The number of carbonyl (C=O) groups excluding carboxylic acids is 2. The minimum atomic E-state index is -0.343. The Hall–Kier alpha value is -1.06. The lowest BCUT2D eigenvalue weighted by atomic mass is 9.81. The molecule has 3 unspecified atom stereocenters. The third-order valence-corrected chi connectivity index (χ3v) is 4.59. The van der Waals surface area contributed by atoms with Crippen LogP contribution in [0.2, 0.25) is 0 Å². The van der Waals surface area contributed by atoms with Crippen LogP contribution in [0.4, 0.5) is 0 Å². The van der Waals surface area contributed by atoms with Gasteiger partial charge >= 0.3 is 0 Å². The van der Waals surface area contributed by atoms with Crippen LogP contribution in [0.25, 0.3) is 0 Å². The molecule has 2 amide bonds. The molecule has 0 spiro atoms. The lowest BCUT2D eigenvalue weighted by molar-refractivity contribution is -0.155. The topological polar surface area (TPSA) is 49.4 Å². The van der Waals surface area contributed by atoms with E-state index in [1.54, 1.807) is 0 Å². The van der Waals surface area contributed by atoms with Crippen LogP contribution in [-0.4, -0.2) is 35.3 Å². The van der Waals surface area contributed by atoms with Crippen molar-refractivity contribution in [2.24, 2.45) is 17.3 Å². The van der Waals surface area contributed by atoms with Gasteiger partial charge in [0.05, 0.1) is 0 Å². The van der Waals surface area contributed by atoms with Gasteiger partial charge in [-0.3, -0.25) is 9.59 Å². The van der Waals surface area contributed by atoms with Crippen molar-refractivity contribution in [3.63, 3.8) is 0 Å². The number of carbonyl (C=O) groups is 2. The number of hydrogen-bond acceptors (Lipinski definition) is 2. The molecule has 3 atom stereocenters. The molecule has 1 heterocycles. The molecule has 4 nitrogen and oxygen atoms in total. The monoisotopic (exact) mass is 280 g/mol. The predicted octanol–water partition coefficient (Wildman–Crippen LogP) is 2.18. The predicted molar refractivity (Wildman–Crippen MR) is 79.1 cm³/mol. The molecular formula is C16H28N2O2. The quantitative estimate of drug-likeness (QED) is 0.858. The second-order valence-corrected chi connectivity index (χ2v) is 7.57. The summed E-state index contributed by atoms with van der Waals surface area (Å²) in [4.78, 5) is 27.2. The summed E-state index contributed by atoms with van der Waals surface area (Å²) < 4.78 is 0. The van der Waals surface area contributed by atoms with Gasteiger partial charge in [-0.05, 0) is 30.1 Å². The molecule has 0 aromatic carbocycles. The molecular weight excluding hydrogens is 252 g/mol. The van der Waals surface area contributed by atoms with Crippen molar-refractivity contribution >= 4 is 11.8 Å². The molecule has 0 aromatic heterocycles. The summed E-state index contributed by atoms with van der Waals surface area (Å²) in [5.74, 6) is 0.926. The smallest absolute Gasteiger partial charge is 0.246 e. The normalized spacial score (nSPS) is 29.4. The van der Waals surface area contributed by atoms with Gasteiger partial charge in [-0.25, -0.2) is 0 Å². The summed E-state index contributed by atoms with van der Waals surface area (Å²) in [5.41, 5.74) is -0.227. The molecule has 4 heteroatoms. The van der Waals surface area contributed by atoms with E-state index in [1.165, 1.54) is 12.8 Å². The number of nitrogens with one attached hydrogen (secondary N) is 1. The van der Waals surface area contributed by atoms with Gasteiger partial charge in [-0.1, -0.05) is 41.0 Å². The van der Waals surface area contributed by atoms with E-state index in [4.69, 9.17) is 0 Å². The van der Waals surface area contributed by atoms with Crippen molar-refractivity contribution in [1.82, 2.24) is 10.2 Å². The average molecular weight is 280 g/mol. The number of rotatable bonds is 4. The number of amides is 2. The zero-order chi connectivity index (χ0) is 15.1. The highest BCUT2D eigenvalue weighted by atomic mass is 16.2. The maximum absolute atomic E-state index is 12.8. The van der Waals surface area contributed by atoms with Gasteiger partial charge in [0.2, 0.25) is 11.8 Å². The number of hydrogen-bond donors (Lipinski definition) is 1. The van der Waals surface area contributed by atoms with E-state index in [0.29, 0.717) is 5.92 Å². The second-order valence-electron chi connectivity index (χ2n) is 7.57. The first-order chi connectivity index (χ1) is 9.25. The third-order valence-electron chi connectivity index (χ3n) is 4.59. The van der Waals surface area contributed by atoms with Crippen LogP contribution in [0, 0.1) is 17.3 Å². The van der Waals surface area contributed by atoms with Crippen LogP contribution in [0.1, 0.15) is 53.9 Å². The molecule has 1 aliphatic carbocycles. The third kappa shape index (κ3) is 2.99. The minimum absolute atomic E-state index is 0.0167. The number of piperazine rings is 1. The fourth-order valence-corrected chi connectivity index (χ4v) is 3.00. The van der Waals surface area contributed by atoms with Gasteiger partial charge in [0.1, 0.15) is 12.1 Å². The fraction of sp³-hybridized carbons (Fsp3) is 0.875. The number of nitrogens with zero attached hydrogens (tertiary/aromatic N) is 1. The summed E-state index contributed by atoms with van der Waals surface area (Å²) in [6.07, 6.45) is 3.28. The molecule has 2 rings (SSSR count). The van der Waals surface area contributed by atoms with Crippen molar-refractivity contribution in [2.75, 3.05) is 6.54 Å². The lowest BCUT2D eigenvalue weighted by Gasteiger charge is -2.46. The maximum atomic E-state index is 12.8. The largest absolute Gasteiger partial charge is 0.342 e. The second kappa shape index (κ2) is 5.38. The molecule has 0 radical (unpaired) electrons. The van der Waals surface area contributed by atoms with E-state index in [-0.39, 0.29) is 35.2 Å². The molecule has 20 heavy (non-hydrogen) atoms. The van der Waals surface area contributed by atoms with Crippen LogP contribution in [0.5, 0.6) is 0 Å². The van der Waals surface area contributed by atoms with Crippen LogP contribution in [-0.2, 0) is 9.59 Å². The van der Waals surface area contributed by atoms with Gasteiger partial charge < -0.3 is 10.2 Å². The molecule has 0 aromatic rings. The van der Waals surface area contributed by atoms with Crippen LogP contribution in [0.3, 0.4) is 0 Å². The van der Waals surface area contributed by atoms with E-state index < -0.39 is 0 Å². The molecule has 1 saturated heterocycles. The molecule has 0 bridgehead atoms. The van der Waals surface area contributed by atoms with Crippen LogP contribution < -0.4 is 5.32 Å². The van der Waals surface area contributed by atoms with Gasteiger partial charge in [0, 0.05) is 6.54 Å². The molecule has 2 aliphatic rings. The Balaban J connectivity index is 2.25. The Kier molecular flexibility index (Phi) is 4.12. The zero-order valence-corrected chi connectivity index (χ0v) is 13.4. The van der Waals surface area contributed by atoms with E-state index in [9.17, 15) is 9.59 Å². The summed E-state index contributed by atoms with van der Waals surface area (Å²) >= 11 is 0. The Morgan fingerprint density at radius 2 is 1.90 bits per heavy atom. The Labute approximate surface area is 122 Å². The van der Waals surface area contributed by atoms with Crippen LogP contribution in [0.15, 0.2) is 0 Å². The zero-order valence-electron chi connectivity index (χ0n) is 13.4. The standard InChI is InChI=1S/C16H28N2O2/c1-6-10(2)12-15(20)18(9-11-7-8-11)13(14(19)17-12)16(3,4)5/h10-13H,6-9H2,1-5H3,(H,17,19).